The van der Waals surface area contributed by atoms with Crippen LogP contribution in [0.3, 0.4) is 0 Å². The number of sulfonamides is 1. The van der Waals surface area contributed by atoms with Crippen molar-refractivity contribution in [2.24, 2.45) is 0 Å². The van der Waals surface area contributed by atoms with Gasteiger partial charge in [-0.25, -0.2) is 13.1 Å². The van der Waals surface area contributed by atoms with Gasteiger partial charge in [-0.3, -0.25) is 0 Å². The quantitative estimate of drug-likeness (QED) is 0.403. The van der Waals surface area contributed by atoms with Gasteiger partial charge < -0.3 is 5.32 Å². The molecule has 1 rings (SSSR count). The van der Waals surface area contributed by atoms with Gasteiger partial charge in [0.1, 0.15) is 0 Å². The zero-order chi connectivity index (χ0) is 13.3. The summed E-state index contributed by atoms with van der Waals surface area (Å²) in [7, 11) is -3.12. The molecule has 0 aromatic carbocycles. The first-order valence-electron chi connectivity index (χ1n) is 6.95. The lowest BCUT2D eigenvalue weighted by Crippen LogP contribution is -2.37. The molecular formula is C13H26N2O2S. The highest BCUT2D eigenvalue weighted by molar-refractivity contribution is 7.89. The van der Waals surface area contributed by atoms with Crippen molar-refractivity contribution >= 4 is 10.0 Å². The summed E-state index contributed by atoms with van der Waals surface area (Å²) in [6, 6.07) is 0.574. The Labute approximate surface area is 111 Å². The smallest absolute Gasteiger partial charge is 0.211 e. The molecule has 0 heterocycles. The van der Waals surface area contributed by atoms with E-state index in [1.165, 1.54) is 38.5 Å². The van der Waals surface area contributed by atoms with Crippen LogP contribution in [0.25, 0.3) is 0 Å². The van der Waals surface area contributed by atoms with Crippen LogP contribution in [-0.2, 0) is 10.0 Å². The van der Waals surface area contributed by atoms with Gasteiger partial charge >= 0.3 is 0 Å². The van der Waals surface area contributed by atoms with Crippen LogP contribution in [-0.4, -0.2) is 33.3 Å². The van der Waals surface area contributed by atoms with Gasteiger partial charge in [-0.15, -0.1) is 6.58 Å². The van der Waals surface area contributed by atoms with Gasteiger partial charge in [0.25, 0.3) is 0 Å². The predicted octanol–water partition coefficient (Wildman–Crippen LogP) is 1.79. The van der Waals surface area contributed by atoms with E-state index in [4.69, 9.17) is 0 Å². The molecule has 0 bridgehead atoms. The van der Waals surface area contributed by atoms with Gasteiger partial charge in [-0.1, -0.05) is 31.8 Å². The van der Waals surface area contributed by atoms with Crippen molar-refractivity contribution < 1.29 is 8.42 Å². The van der Waals surface area contributed by atoms with Crippen molar-refractivity contribution in [3.63, 3.8) is 0 Å². The highest BCUT2D eigenvalue weighted by atomic mass is 32.2. The fraction of sp³-hybridized carbons (Fsp3) is 0.846. The molecule has 0 aromatic rings. The lowest BCUT2D eigenvalue weighted by Gasteiger charge is -2.16. The van der Waals surface area contributed by atoms with Gasteiger partial charge in [0.2, 0.25) is 10.0 Å². The Hall–Kier alpha value is -0.390. The van der Waals surface area contributed by atoms with Gasteiger partial charge in [0.15, 0.2) is 0 Å². The second-order valence-corrected chi connectivity index (χ2v) is 6.86. The molecule has 0 radical (unpaired) electrons. The molecule has 1 fully saturated rings. The van der Waals surface area contributed by atoms with Crippen molar-refractivity contribution in [2.45, 2.75) is 51.0 Å². The normalized spacial score (nSPS) is 18.4. The Bertz CT molecular complexity index is 320. The minimum absolute atomic E-state index is 0.139. The summed E-state index contributed by atoms with van der Waals surface area (Å²) in [6.45, 7) is 4.73. The molecular weight excluding hydrogens is 248 g/mol. The second-order valence-electron chi connectivity index (χ2n) is 4.93. The predicted molar refractivity (Wildman–Crippen MR) is 76.1 cm³/mol. The molecule has 0 aromatic heterocycles. The summed E-state index contributed by atoms with van der Waals surface area (Å²) in [5.74, 6) is 0.139. The van der Waals surface area contributed by atoms with Crippen molar-refractivity contribution in [3.05, 3.63) is 12.7 Å². The molecule has 0 spiro atoms. The zero-order valence-corrected chi connectivity index (χ0v) is 12.0. The number of hydrogen-bond acceptors (Lipinski definition) is 3. The minimum Gasteiger partial charge on any atom is -0.313 e. The highest BCUT2D eigenvalue weighted by Crippen LogP contribution is 2.16. The van der Waals surface area contributed by atoms with E-state index in [2.05, 4.69) is 16.6 Å². The summed E-state index contributed by atoms with van der Waals surface area (Å²) in [4.78, 5) is 0. The van der Waals surface area contributed by atoms with Gasteiger partial charge in [0.05, 0.1) is 5.75 Å². The third-order valence-electron chi connectivity index (χ3n) is 3.33. The summed E-state index contributed by atoms with van der Waals surface area (Å²) >= 11 is 0. The lowest BCUT2D eigenvalue weighted by molar-refractivity contribution is 0.461. The molecule has 1 aliphatic rings. The van der Waals surface area contributed by atoms with Crippen LogP contribution in [0.1, 0.15) is 44.9 Å². The minimum atomic E-state index is -3.12. The first-order chi connectivity index (χ1) is 8.64. The Morgan fingerprint density at radius 1 is 1.11 bits per heavy atom. The van der Waals surface area contributed by atoms with Crippen molar-refractivity contribution in [1.29, 1.82) is 0 Å². The van der Waals surface area contributed by atoms with Gasteiger partial charge in [-0.05, 0) is 19.3 Å². The van der Waals surface area contributed by atoms with Crippen molar-refractivity contribution in [1.82, 2.24) is 10.0 Å². The Morgan fingerprint density at radius 2 is 1.78 bits per heavy atom. The number of nitrogens with one attached hydrogen (secondary N) is 2. The van der Waals surface area contributed by atoms with E-state index in [0.717, 1.165) is 6.54 Å². The first kappa shape index (κ1) is 15.7. The fourth-order valence-electron chi connectivity index (χ4n) is 2.28. The van der Waals surface area contributed by atoms with Crippen LogP contribution < -0.4 is 10.0 Å². The van der Waals surface area contributed by atoms with Crippen LogP contribution in [0, 0.1) is 0 Å². The SMILES string of the molecule is C=CCCS(=O)(=O)NCCNC1CCCCCC1. The summed E-state index contributed by atoms with van der Waals surface area (Å²) < 4.78 is 25.6. The van der Waals surface area contributed by atoms with Gasteiger partial charge in [0, 0.05) is 19.1 Å². The van der Waals surface area contributed by atoms with E-state index in [-0.39, 0.29) is 5.75 Å². The average molecular weight is 274 g/mol. The third-order valence-corrected chi connectivity index (χ3v) is 4.74. The maximum absolute atomic E-state index is 11.5. The summed E-state index contributed by atoms with van der Waals surface area (Å²) in [5, 5.41) is 3.44. The standard InChI is InChI=1S/C13H26N2O2S/c1-2-3-12-18(16,17)15-11-10-14-13-8-6-4-5-7-9-13/h2,13-15H,1,3-12H2. The first-order valence-corrected chi connectivity index (χ1v) is 8.61. The largest absolute Gasteiger partial charge is 0.313 e. The molecule has 0 aliphatic heterocycles. The molecule has 5 heteroatoms. The average Bonchev–Trinajstić information content (AvgIpc) is 2.61. The molecule has 18 heavy (non-hydrogen) atoms. The molecule has 1 saturated carbocycles. The van der Waals surface area contributed by atoms with E-state index in [1.54, 1.807) is 6.08 Å². The Morgan fingerprint density at radius 3 is 2.39 bits per heavy atom. The van der Waals surface area contributed by atoms with Crippen molar-refractivity contribution in [3.8, 4) is 0 Å². The maximum Gasteiger partial charge on any atom is 0.211 e. The monoisotopic (exact) mass is 274 g/mol. The van der Waals surface area contributed by atoms with Crippen molar-refractivity contribution in [2.75, 3.05) is 18.8 Å². The maximum atomic E-state index is 11.5. The van der Waals surface area contributed by atoms with E-state index < -0.39 is 10.0 Å². The number of allylic oxidation sites excluding steroid dienone is 1. The zero-order valence-electron chi connectivity index (χ0n) is 11.2. The molecule has 2 N–H and O–H groups in total. The molecule has 0 atom stereocenters. The highest BCUT2D eigenvalue weighted by Gasteiger charge is 2.12. The lowest BCUT2D eigenvalue weighted by atomic mass is 10.1. The van der Waals surface area contributed by atoms with E-state index in [9.17, 15) is 8.42 Å². The molecule has 106 valence electrons. The van der Waals surface area contributed by atoms with Crippen LogP contribution >= 0.6 is 0 Å². The molecule has 0 amide bonds. The van der Waals surface area contributed by atoms with Crippen LogP contribution in [0.2, 0.25) is 0 Å². The third kappa shape index (κ3) is 7.13. The molecule has 0 saturated heterocycles. The van der Waals surface area contributed by atoms with E-state index in [0.29, 0.717) is 19.0 Å². The van der Waals surface area contributed by atoms with Gasteiger partial charge in [-0.2, -0.15) is 0 Å². The second kappa shape index (κ2) is 8.67. The topological polar surface area (TPSA) is 58.2 Å². The molecule has 0 unspecified atom stereocenters. The van der Waals surface area contributed by atoms with Crippen LogP contribution in [0.4, 0.5) is 0 Å². The number of rotatable bonds is 8. The van der Waals surface area contributed by atoms with Crippen LogP contribution in [0.5, 0.6) is 0 Å². The van der Waals surface area contributed by atoms with E-state index >= 15 is 0 Å². The van der Waals surface area contributed by atoms with E-state index in [1.807, 2.05) is 0 Å². The Kier molecular flexibility index (Phi) is 7.54. The molecule has 4 nitrogen and oxygen atoms in total. The Balaban J connectivity index is 2.11. The fourth-order valence-corrected chi connectivity index (χ4v) is 3.31. The summed E-state index contributed by atoms with van der Waals surface area (Å²) in [5.41, 5.74) is 0. The number of hydrogen-bond donors (Lipinski definition) is 2. The molecule has 1 aliphatic carbocycles. The van der Waals surface area contributed by atoms with Crippen LogP contribution in [0.15, 0.2) is 12.7 Å². The summed E-state index contributed by atoms with van der Waals surface area (Å²) in [6.07, 6.45) is 9.85.